The van der Waals surface area contributed by atoms with Crippen molar-refractivity contribution in [1.29, 1.82) is 0 Å². The van der Waals surface area contributed by atoms with Gasteiger partial charge in [0, 0.05) is 6.61 Å². The van der Waals surface area contributed by atoms with Crippen molar-refractivity contribution < 1.29 is 14.2 Å². The second kappa shape index (κ2) is 11.5. The fraction of sp³-hybridized carbons (Fsp3) is 0.200. The molecule has 33 heavy (non-hydrogen) atoms. The lowest BCUT2D eigenvalue weighted by atomic mass is 9.80. The van der Waals surface area contributed by atoms with Gasteiger partial charge in [-0.25, -0.2) is 0 Å². The quantitative estimate of drug-likeness (QED) is 0.195. The van der Waals surface area contributed by atoms with E-state index in [4.69, 9.17) is 14.2 Å². The molecular formula is C30H30O3. The highest BCUT2D eigenvalue weighted by Gasteiger charge is 2.37. The zero-order valence-electron chi connectivity index (χ0n) is 19.0. The minimum atomic E-state index is -0.681. The monoisotopic (exact) mass is 438 g/mol. The Morgan fingerprint density at radius 2 is 1.06 bits per heavy atom. The highest BCUT2D eigenvalue weighted by Crippen LogP contribution is 2.40. The molecule has 4 rings (SSSR count). The fourth-order valence-corrected chi connectivity index (χ4v) is 4.07. The van der Waals surface area contributed by atoms with E-state index in [0.717, 1.165) is 34.4 Å². The summed E-state index contributed by atoms with van der Waals surface area (Å²) >= 11 is 0. The molecule has 3 heteroatoms. The van der Waals surface area contributed by atoms with Gasteiger partial charge in [0.15, 0.2) is 0 Å². The number of ether oxygens (including phenoxy) is 3. The van der Waals surface area contributed by atoms with Crippen molar-refractivity contribution >= 4 is 0 Å². The minimum Gasteiger partial charge on any atom is -0.497 e. The van der Waals surface area contributed by atoms with Crippen LogP contribution >= 0.6 is 0 Å². The zero-order valence-corrected chi connectivity index (χ0v) is 19.0. The van der Waals surface area contributed by atoms with Gasteiger partial charge in [-0.3, -0.25) is 0 Å². The van der Waals surface area contributed by atoms with Gasteiger partial charge in [-0.05, 0) is 40.8 Å². The molecule has 4 aromatic carbocycles. The number of rotatable bonds is 11. The zero-order chi connectivity index (χ0) is 22.8. The predicted molar refractivity (Wildman–Crippen MR) is 132 cm³/mol. The van der Waals surface area contributed by atoms with Crippen molar-refractivity contribution in [3.63, 3.8) is 0 Å². The molecule has 0 radical (unpaired) electrons. The molecule has 0 N–H and O–H groups in total. The molecule has 0 saturated heterocycles. The molecule has 0 saturated carbocycles. The normalized spacial score (nSPS) is 11.3. The van der Waals surface area contributed by atoms with E-state index < -0.39 is 5.60 Å². The minimum absolute atomic E-state index is 0.571. The summed E-state index contributed by atoms with van der Waals surface area (Å²) in [7, 11) is 1.67. The van der Waals surface area contributed by atoms with Gasteiger partial charge in [0.05, 0.1) is 20.3 Å². The Hall–Kier alpha value is -3.40. The molecular weight excluding hydrogens is 408 g/mol. The van der Waals surface area contributed by atoms with Crippen molar-refractivity contribution in [3.05, 3.63) is 138 Å². The molecule has 0 aliphatic heterocycles. The third-order valence-electron chi connectivity index (χ3n) is 5.72. The number of hydrogen-bond acceptors (Lipinski definition) is 3. The van der Waals surface area contributed by atoms with Crippen LogP contribution in [0.1, 0.15) is 28.7 Å². The van der Waals surface area contributed by atoms with Crippen molar-refractivity contribution in [2.75, 3.05) is 20.3 Å². The van der Waals surface area contributed by atoms with E-state index in [-0.39, 0.29) is 0 Å². The highest BCUT2D eigenvalue weighted by molar-refractivity contribution is 5.47. The van der Waals surface area contributed by atoms with E-state index in [1.165, 1.54) is 0 Å². The third kappa shape index (κ3) is 5.51. The molecule has 3 nitrogen and oxygen atoms in total. The lowest BCUT2D eigenvalue weighted by Gasteiger charge is -2.36. The molecule has 0 aliphatic carbocycles. The Labute approximate surface area is 196 Å². The second-order valence-electron chi connectivity index (χ2n) is 7.88. The van der Waals surface area contributed by atoms with Gasteiger partial charge in [0.1, 0.15) is 11.4 Å². The van der Waals surface area contributed by atoms with E-state index in [2.05, 4.69) is 72.8 Å². The lowest BCUT2D eigenvalue weighted by Crippen LogP contribution is -2.33. The Bertz CT molecular complexity index is 981. The summed E-state index contributed by atoms with van der Waals surface area (Å²) in [4.78, 5) is 0. The van der Waals surface area contributed by atoms with Crippen LogP contribution in [0.2, 0.25) is 0 Å². The fourth-order valence-electron chi connectivity index (χ4n) is 4.07. The molecule has 0 aliphatic rings. The van der Waals surface area contributed by atoms with Crippen molar-refractivity contribution in [2.45, 2.75) is 18.6 Å². The predicted octanol–water partition coefficient (Wildman–Crippen LogP) is 6.61. The molecule has 0 unspecified atom stereocenters. The van der Waals surface area contributed by atoms with Gasteiger partial charge in [-0.2, -0.15) is 0 Å². The van der Waals surface area contributed by atoms with Gasteiger partial charge in [-0.1, -0.05) is 103 Å². The van der Waals surface area contributed by atoms with Crippen LogP contribution in [-0.2, 0) is 21.7 Å². The summed E-state index contributed by atoms with van der Waals surface area (Å²) in [6, 6.07) is 39.3. The maximum Gasteiger partial charge on any atom is 0.143 e. The van der Waals surface area contributed by atoms with Crippen LogP contribution < -0.4 is 4.74 Å². The maximum absolute atomic E-state index is 6.77. The van der Waals surface area contributed by atoms with Crippen LogP contribution in [0.25, 0.3) is 0 Å². The first-order chi connectivity index (χ1) is 16.3. The standard InChI is InChI=1S/C30H30O3/c1-31-29-20-18-25(19-21-29)24-32-22-11-23-33-30(26-12-5-2-6-13-26,27-14-7-3-8-15-27)28-16-9-4-10-17-28/h2-10,12-21H,11,22-24H2,1H3. The van der Waals surface area contributed by atoms with E-state index in [9.17, 15) is 0 Å². The molecule has 0 fully saturated rings. The topological polar surface area (TPSA) is 27.7 Å². The number of methoxy groups -OCH3 is 1. The smallest absolute Gasteiger partial charge is 0.143 e. The van der Waals surface area contributed by atoms with E-state index in [0.29, 0.717) is 19.8 Å². The summed E-state index contributed by atoms with van der Waals surface area (Å²) in [6.45, 7) is 1.77. The molecule has 0 heterocycles. The number of hydrogen-bond donors (Lipinski definition) is 0. The molecule has 4 aromatic rings. The van der Waals surface area contributed by atoms with Crippen LogP contribution in [0.3, 0.4) is 0 Å². The van der Waals surface area contributed by atoms with Gasteiger partial charge in [-0.15, -0.1) is 0 Å². The molecule has 0 atom stereocenters. The summed E-state index contributed by atoms with van der Waals surface area (Å²) in [5.74, 6) is 0.853. The van der Waals surface area contributed by atoms with E-state index >= 15 is 0 Å². The lowest BCUT2D eigenvalue weighted by molar-refractivity contribution is -0.00201. The average Bonchev–Trinajstić information content (AvgIpc) is 2.90. The van der Waals surface area contributed by atoms with Gasteiger partial charge in [0.2, 0.25) is 0 Å². The largest absolute Gasteiger partial charge is 0.497 e. The molecule has 0 spiro atoms. The Morgan fingerprint density at radius 3 is 1.52 bits per heavy atom. The first-order valence-corrected chi connectivity index (χ1v) is 11.3. The van der Waals surface area contributed by atoms with Crippen LogP contribution in [-0.4, -0.2) is 20.3 Å². The Kier molecular flexibility index (Phi) is 7.91. The highest BCUT2D eigenvalue weighted by atomic mass is 16.5. The van der Waals surface area contributed by atoms with Crippen LogP contribution in [0.5, 0.6) is 5.75 Å². The molecule has 0 amide bonds. The van der Waals surface area contributed by atoms with Gasteiger partial charge in [0.25, 0.3) is 0 Å². The van der Waals surface area contributed by atoms with Crippen LogP contribution in [0, 0.1) is 0 Å². The summed E-state index contributed by atoms with van der Waals surface area (Å²) < 4.78 is 17.9. The summed E-state index contributed by atoms with van der Waals surface area (Å²) in [6.07, 6.45) is 0.796. The van der Waals surface area contributed by atoms with Crippen molar-refractivity contribution in [3.8, 4) is 5.75 Å². The van der Waals surface area contributed by atoms with Crippen molar-refractivity contribution in [2.24, 2.45) is 0 Å². The summed E-state index contributed by atoms with van der Waals surface area (Å²) in [5.41, 5.74) is 3.79. The van der Waals surface area contributed by atoms with E-state index in [1.54, 1.807) is 7.11 Å². The van der Waals surface area contributed by atoms with Crippen LogP contribution in [0.15, 0.2) is 115 Å². The van der Waals surface area contributed by atoms with Crippen molar-refractivity contribution in [1.82, 2.24) is 0 Å². The molecule has 0 aromatic heterocycles. The molecule has 168 valence electrons. The SMILES string of the molecule is COc1ccc(COCCCOC(c2ccccc2)(c2ccccc2)c2ccccc2)cc1. The maximum atomic E-state index is 6.77. The average molecular weight is 439 g/mol. The van der Waals surface area contributed by atoms with Gasteiger partial charge < -0.3 is 14.2 Å². The van der Waals surface area contributed by atoms with Crippen LogP contribution in [0.4, 0.5) is 0 Å². The first kappa shape index (κ1) is 22.8. The second-order valence-corrected chi connectivity index (χ2v) is 7.88. The van der Waals surface area contributed by atoms with Gasteiger partial charge >= 0.3 is 0 Å². The Balaban J connectivity index is 1.48. The van der Waals surface area contributed by atoms with E-state index in [1.807, 2.05) is 42.5 Å². The third-order valence-corrected chi connectivity index (χ3v) is 5.72. The summed E-state index contributed by atoms with van der Waals surface area (Å²) in [5, 5.41) is 0. The Morgan fingerprint density at radius 1 is 0.576 bits per heavy atom. The molecule has 0 bridgehead atoms. The number of benzene rings is 4. The first-order valence-electron chi connectivity index (χ1n) is 11.3.